The highest BCUT2D eigenvalue weighted by Crippen LogP contribution is 2.57. The fourth-order valence-corrected chi connectivity index (χ4v) is 13.8. The lowest BCUT2D eigenvalue weighted by Crippen LogP contribution is -2.18. The molecule has 0 unspecified atom stereocenters. The molecule has 0 bridgehead atoms. The van der Waals surface area contributed by atoms with E-state index in [4.69, 9.17) is 0 Å². The molecule has 0 aliphatic heterocycles. The van der Waals surface area contributed by atoms with Gasteiger partial charge in [0.15, 0.2) is 0 Å². The van der Waals surface area contributed by atoms with Crippen LogP contribution in [0.3, 0.4) is 0 Å². The maximum absolute atomic E-state index is 2.54. The van der Waals surface area contributed by atoms with Gasteiger partial charge >= 0.3 is 0 Å². The summed E-state index contributed by atoms with van der Waals surface area (Å²) in [6.45, 7) is 19.1. The monoisotopic (exact) mass is 926 g/mol. The van der Waals surface area contributed by atoms with Gasteiger partial charge in [-0.2, -0.15) is 0 Å². The third-order valence-corrected chi connectivity index (χ3v) is 17.7. The lowest BCUT2D eigenvalue weighted by Gasteiger charge is -2.32. The van der Waals surface area contributed by atoms with E-state index < -0.39 is 0 Å². The summed E-state index contributed by atoms with van der Waals surface area (Å²) >= 11 is 0. The Morgan fingerprint density at radius 2 is 0.458 bits per heavy atom. The Morgan fingerprint density at radius 3 is 0.722 bits per heavy atom. The van der Waals surface area contributed by atoms with Crippen LogP contribution in [0.5, 0.6) is 0 Å². The summed E-state index contributed by atoms with van der Waals surface area (Å²) in [5, 5.41) is 2.38. The highest BCUT2D eigenvalue weighted by atomic mass is 15.2. The first-order valence-corrected chi connectivity index (χ1v) is 25.8. The van der Waals surface area contributed by atoms with E-state index in [2.05, 4.69) is 271 Å². The molecule has 2 heteroatoms. The molecule has 0 N–H and O–H groups in total. The van der Waals surface area contributed by atoms with E-state index in [0.717, 1.165) is 34.1 Å². The van der Waals surface area contributed by atoms with Crippen molar-refractivity contribution >= 4 is 44.9 Å². The van der Waals surface area contributed by atoms with Crippen molar-refractivity contribution in [3.05, 3.63) is 251 Å². The molecule has 10 aromatic rings. The van der Waals surface area contributed by atoms with Crippen molar-refractivity contribution in [2.75, 3.05) is 9.80 Å². The smallest absolute Gasteiger partial charge is 0.0540 e. The number of hydrogen-bond acceptors (Lipinski definition) is 2. The van der Waals surface area contributed by atoms with Crippen LogP contribution in [-0.4, -0.2) is 0 Å². The molecule has 0 atom stereocenters. The number of hydrogen-bond donors (Lipinski definition) is 0. The topological polar surface area (TPSA) is 6.48 Å². The van der Waals surface area contributed by atoms with E-state index >= 15 is 0 Å². The first-order chi connectivity index (χ1) is 34.7. The van der Waals surface area contributed by atoms with Crippen LogP contribution in [0.15, 0.2) is 206 Å². The molecule has 2 nitrogen and oxygen atoms in total. The minimum Gasteiger partial charge on any atom is -0.310 e. The largest absolute Gasteiger partial charge is 0.310 e. The molecule has 348 valence electrons. The van der Waals surface area contributed by atoms with E-state index in [-0.39, 0.29) is 21.7 Å². The van der Waals surface area contributed by atoms with Crippen LogP contribution in [0.2, 0.25) is 0 Å². The van der Waals surface area contributed by atoms with E-state index in [0.29, 0.717) is 0 Å². The number of nitrogens with zero attached hydrogens (tertiary/aromatic N) is 2. The highest BCUT2D eigenvalue weighted by molar-refractivity contribution is 6.07. The Kier molecular flexibility index (Phi) is 8.82. The van der Waals surface area contributed by atoms with Crippen molar-refractivity contribution in [3.8, 4) is 44.5 Å². The number of benzene rings is 10. The van der Waals surface area contributed by atoms with Gasteiger partial charge < -0.3 is 9.80 Å². The molecule has 0 amide bonds. The van der Waals surface area contributed by atoms with Crippen molar-refractivity contribution < 1.29 is 0 Å². The molecule has 4 aliphatic rings. The standard InChI is InChI=1S/C70H58N2/c1-67(2)57-25-13-9-19-47(57)51-35-31-43(39-61(51)67)71(44-32-36-52-48-20-10-14-26-58(48)68(3,4)62(52)40-44)65-29-17-24-56-55(65)23-18-30-66(56)72(45-33-37-53-49-21-11-15-27-59(49)69(5,6)63(53)41-45)46-34-38-54-50-22-12-16-28-60(50)70(7,8)64(54)42-46/h9-42H,1-8H3. The molecule has 0 fully saturated rings. The summed E-state index contributed by atoms with van der Waals surface area (Å²) in [4.78, 5) is 5.08. The van der Waals surface area contributed by atoms with Crippen LogP contribution in [0.4, 0.5) is 34.1 Å². The molecule has 14 rings (SSSR count). The van der Waals surface area contributed by atoms with Crippen LogP contribution in [0, 0.1) is 0 Å². The first kappa shape index (κ1) is 42.9. The Labute approximate surface area is 424 Å². The molecule has 0 radical (unpaired) electrons. The lowest BCUT2D eigenvalue weighted by atomic mass is 9.82. The molecule has 0 saturated carbocycles. The minimum absolute atomic E-state index is 0.154. The molecular weight excluding hydrogens is 869 g/mol. The second-order valence-electron chi connectivity index (χ2n) is 22.9. The molecular formula is C70H58N2. The van der Waals surface area contributed by atoms with Gasteiger partial charge in [-0.3, -0.25) is 0 Å². The fourth-order valence-electron chi connectivity index (χ4n) is 13.8. The average molecular weight is 927 g/mol. The van der Waals surface area contributed by atoms with E-state index in [1.54, 1.807) is 0 Å². The third kappa shape index (κ3) is 5.78. The predicted octanol–water partition coefficient (Wildman–Crippen LogP) is 19.0. The van der Waals surface area contributed by atoms with Gasteiger partial charge in [-0.25, -0.2) is 0 Å². The molecule has 0 heterocycles. The van der Waals surface area contributed by atoms with Crippen LogP contribution in [0.1, 0.15) is 99.9 Å². The quantitative estimate of drug-likeness (QED) is 0.164. The third-order valence-electron chi connectivity index (χ3n) is 17.7. The molecule has 0 aromatic heterocycles. The Bertz CT molecular complexity index is 3480. The Morgan fingerprint density at radius 1 is 0.222 bits per heavy atom. The van der Waals surface area contributed by atoms with Gasteiger partial charge in [0, 0.05) is 55.2 Å². The second kappa shape index (κ2) is 14.8. The number of anilines is 6. The maximum Gasteiger partial charge on any atom is 0.0540 e. The average Bonchev–Trinajstić information content (AvgIpc) is 3.97. The Balaban J connectivity index is 0.994. The summed E-state index contributed by atoms with van der Waals surface area (Å²) in [6, 6.07) is 78.6. The van der Waals surface area contributed by atoms with E-state index in [1.165, 1.54) is 99.8 Å². The summed E-state index contributed by atoms with van der Waals surface area (Å²) in [6.07, 6.45) is 0. The second-order valence-corrected chi connectivity index (χ2v) is 22.9. The molecule has 0 spiro atoms. The first-order valence-electron chi connectivity index (χ1n) is 25.8. The van der Waals surface area contributed by atoms with E-state index in [9.17, 15) is 0 Å². The van der Waals surface area contributed by atoms with Gasteiger partial charge in [-0.05, 0) is 150 Å². The molecule has 0 saturated heterocycles. The SMILES string of the molecule is CC1(C)c2ccccc2-c2ccc(N(c3ccc4c(c3)C(C)(C)c3ccccc3-4)c3cccc4c(N(c5ccc6c(c5)C(C)(C)c5ccccc5-6)c5ccc6c(c5)C(C)(C)c5ccccc5-6)cccc34)cc21. The number of fused-ring (bicyclic) bond motifs is 13. The summed E-state index contributed by atoms with van der Waals surface area (Å²) < 4.78 is 0. The molecule has 4 aliphatic carbocycles. The maximum atomic E-state index is 2.54. The van der Waals surface area contributed by atoms with Crippen molar-refractivity contribution in [1.82, 2.24) is 0 Å². The fraction of sp³-hybridized carbons (Fsp3) is 0.171. The van der Waals surface area contributed by atoms with Crippen LogP contribution in [-0.2, 0) is 21.7 Å². The van der Waals surface area contributed by atoms with Crippen molar-refractivity contribution in [3.63, 3.8) is 0 Å². The molecule has 72 heavy (non-hydrogen) atoms. The van der Waals surface area contributed by atoms with Gasteiger partial charge in [0.2, 0.25) is 0 Å². The minimum atomic E-state index is -0.154. The van der Waals surface area contributed by atoms with Crippen LogP contribution < -0.4 is 9.80 Å². The van der Waals surface area contributed by atoms with Gasteiger partial charge in [-0.15, -0.1) is 0 Å². The zero-order valence-electron chi connectivity index (χ0n) is 42.5. The normalized spacial score (nSPS) is 15.9. The molecule has 10 aromatic carbocycles. The summed E-state index contributed by atoms with van der Waals surface area (Å²) in [5.41, 5.74) is 27.9. The van der Waals surface area contributed by atoms with Gasteiger partial charge in [0.1, 0.15) is 0 Å². The van der Waals surface area contributed by atoms with Crippen molar-refractivity contribution in [1.29, 1.82) is 0 Å². The van der Waals surface area contributed by atoms with Gasteiger partial charge in [-0.1, -0.05) is 201 Å². The van der Waals surface area contributed by atoms with Crippen LogP contribution >= 0.6 is 0 Å². The lowest BCUT2D eigenvalue weighted by molar-refractivity contribution is 0.659. The zero-order valence-corrected chi connectivity index (χ0v) is 42.5. The van der Waals surface area contributed by atoms with Crippen LogP contribution in [0.25, 0.3) is 55.3 Å². The number of rotatable bonds is 6. The van der Waals surface area contributed by atoms with Gasteiger partial charge in [0.05, 0.1) is 11.4 Å². The van der Waals surface area contributed by atoms with E-state index in [1.807, 2.05) is 0 Å². The zero-order chi connectivity index (χ0) is 49.1. The summed E-state index contributed by atoms with van der Waals surface area (Å²) in [5.74, 6) is 0. The van der Waals surface area contributed by atoms with Crippen molar-refractivity contribution in [2.45, 2.75) is 77.0 Å². The van der Waals surface area contributed by atoms with Crippen molar-refractivity contribution in [2.24, 2.45) is 0 Å². The highest BCUT2D eigenvalue weighted by Gasteiger charge is 2.40. The summed E-state index contributed by atoms with van der Waals surface area (Å²) in [7, 11) is 0. The predicted molar refractivity (Wildman–Crippen MR) is 304 cm³/mol. The Hall–Kier alpha value is -7.94. The van der Waals surface area contributed by atoms with Gasteiger partial charge in [0.25, 0.3) is 0 Å².